The molecule has 106 valence electrons. The van der Waals surface area contributed by atoms with E-state index in [1.807, 2.05) is 6.92 Å². The van der Waals surface area contributed by atoms with Crippen molar-refractivity contribution in [2.75, 3.05) is 19.7 Å². The van der Waals surface area contributed by atoms with Crippen LogP contribution in [-0.2, 0) is 14.8 Å². The summed E-state index contributed by atoms with van der Waals surface area (Å²) < 4.78 is 36.5. The van der Waals surface area contributed by atoms with Crippen LogP contribution in [0.25, 0.3) is 0 Å². The second-order valence-electron chi connectivity index (χ2n) is 4.36. The highest BCUT2D eigenvalue weighted by Gasteiger charge is 2.32. The van der Waals surface area contributed by atoms with Gasteiger partial charge in [-0.3, -0.25) is 4.79 Å². The van der Waals surface area contributed by atoms with E-state index in [0.29, 0.717) is 26.0 Å². The van der Waals surface area contributed by atoms with E-state index >= 15 is 0 Å². The minimum absolute atomic E-state index is 0.0111. The van der Waals surface area contributed by atoms with Crippen molar-refractivity contribution in [3.63, 3.8) is 0 Å². The second kappa shape index (κ2) is 5.85. The standard InChI is InChI=1S/C12H17NO5S/c1-2-17-10-4-3-7-13(8-10)19(15,16)12-6-5-11(9-14)18-12/h5-6,9-10H,2-4,7-8H2,1H3. The lowest BCUT2D eigenvalue weighted by Gasteiger charge is -2.30. The molecule has 6 nitrogen and oxygen atoms in total. The van der Waals surface area contributed by atoms with Crippen molar-refractivity contribution in [2.24, 2.45) is 0 Å². The minimum atomic E-state index is -3.67. The molecule has 7 heteroatoms. The molecule has 1 aromatic rings. The molecule has 1 atom stereocenters. The quantitative estimate of drug-likeness (QED) is 0.762. The number of hydrogen-bond acceptors (Lipinski definition) is 5. The zero-order valence-corrected chi connectivity index (χ0v) is 11.6. The number of rotatable bonds is 5. The van der Waals surface area contributed by atoms with Gasteiger partial charge in [0.15, 0.2) is 12.0 Å². The molecule has 0 spiro atoms. The van der Waals surface area contributed by atoms with Gasteiger partial charge in [0.05, 0.1) is 6.10 Å². The van der Waals surface area contributed by atoms with Gasteiger partial charge >= 0.3 is 0 Å². The Balaban J connectivity index is 2.16. The van der Waals surface area contributed by atoms with E-state index in [1.165, 1.54) is 16.4 Å². The third-order valence-electron chi connectivity index (χ3n) is 3.06. The van der Waals surface area contributed by atoms with Crippen molar-refractivity contribution in [2.45, 2.75) is 31.0 Å². The SMILES string of the molecule is CCOC1CCCN(S(=O)(=O)c2ccc(C=O)o2)C1. The lowest BCUT2D eigenvalue weighted by atomic mass is 10.1. The fourth-order valence-electron chi connectivity index (χ4n) is 2.16. The molecular weight excluding hydrogens is 270 g/mol. The number of aldehydes is 1. The molecule has 2 heterocycles. The molecule has 0 amide bonds. The Morgan fingerprint density at radius 2 is 2.32 bits per heavy atom. The van der Waals surface area contributed by atoms with Gasteiger partial charge in [-0.2, -0.15) is 4.31 Å². The van der Waals surface area contributed by atoms with Gasteiger partial charge < -0.3 is 9.15 Å². The van der Waals surface area contributed by atoms with Crippen molar-refractivity contribution < 1.29 is 22.4 Å². The molecule has 1 aromatic heterocycles. The summed E-state index contributed by atoms with van der Waals surface area (Å²) >= 11 is 0. The predicted octanol–water partition coefficient (Wildman–Crippen LogP) is 1.28. The topological polar surface area (TPSA) is 76.8 Å². The van der Waals surface area contributed by atoms with Crippen molar-refractivity contribution in [3.8, 4) is 0 Å². The Labute approximate surface area is 112 Å². The second-order valence-corrected chi connectivity index (χ2v) is 6.23. The van der Waals surface area contributed by atoms with Gasteiger partial charge in [-0.05, 0) is 31.9 Å². The lowest BCUT2D eigenvalue weighted by molar-refractivity contribution is 0.0262. The molecule has 0 N–H and O–H groups in total. The van der Waals surface area contributed by atoms with Crippen molar-refractivity contribution in [3.05, 3.63) is 17.9 Å². The minimum Gasteiger partial charge on any atom is -0.440 e. The summed E-state index contributed by atoms with van der Waals surface area (Å²) in [5, 5.41) is -0.188. The van der Waals surface area contributed by atoms with Crippen molar-refractivity contribution in [1.82, 2.24) is 4.31 Å². The molecular formula is C12H17NO5S. The van der Waals surface area contributed by atoms with E-state index < -0.39 is 10.0 Å². The Morgan fingerprint density at radius 1 is 1.53 bits per heavy atom. The Kier molecular flexibility index (Phi) is 4.38. The molecule has 1 aliphatic rings. The molecule has 0 aromatic carbocycles. The molecule has 1 saturated heterocycles. The first-order valence-electron chi connectivity index (χ1n) is 6.24. The number of carbonyl (C=O) groups is 1. The summed E-state index contributed by atoms with van der Waals surface area (Å²) in [5.74, 6) is 0.0111. The van der Waals surface area contributed by atoms with E-state index in [2.05, 4.69) is 0 Å². The summed E-state index contributed by atoms with van der Waals surface area (Å²) in [6.07, 6.45) is 2.02. The van der Waals surface area contributed by atoms with Crippen LogP contribution in [0.4, 0.5) is 0 Å². The molecule has 0 bridgehead atoms. The van der Waals surface area contributed by atoms with Crippen LogP contribution in [0.15, 0.2) is 21.6 Å². The van der Waals surface area contributed by atoms with E-state index in [9.17, 15) is 13.2 Å². The van der Waals surface area contributed by atoms with Gasteiger partial charge in [0.2, 0.25) is 5.09 Å². The fourth-order valence-corrected chi connectivity index (χ4v) is 3.59. The van der Waals surface area contributed by atoms with Crippen LogP contribution in [0, 0.1) is 0 Å². The predicted molar refractivity (Wildman–Crippen MR) is 67.5 cm³/mol. The van der Waals surface area contributed by atoms with Gasteiger partial charge in [0.25, 0.3) is 10.0 Å². The maximum Gasteiger partial charge on any atom is 0.276 e. The summed E-state index contributed by atoms with van der Waals surface area (Å²) in [6, 6.07) is 2.66. The Morgan fingerprint density at radius 3 is 2.95 bits per heavy atom. The molecule has 0 saturated carbocycles. The molecule has 2 rings (SSSR count). The Hall–Kier alpha value is -1.18. The van der Waals surface area contributed by atoms with Crippen LogP contribution >= 0.6 is 0 Å². The van der Waals surface area contributed by atoms with E-state index in [-0.39, 0.29) is 17.0 Å². The maximum atomic E-state index is 12.3. The number of nitrogens with zero attached hydrogens (tertiary/aromatic N) is 1. The van der Waals surface area contributed by atoms with Gasteiger partial charge in [-0.15, -0.1) is 0 Å². The van der Waals surface area contributed by atoms with Crippen LogP contribution in [0.2, 0.25) is 0 Å². The first kappa shape index (κ1) is 14.2. The summed E-state index contributed by atoms with van der Waals surface area (Å²) in [5.41, 5.74) is 0. The van der Waals surface area contributed by atoms with E-state index in [1.54, 1.807) is 0 Å². The van der Waals surface area contributed by atoms with Crippen molar-refractivity contribution >= 4 is 16.3 Å². The zero-order valence-electron chi connectivity index (χ0n) is 10.7. The third-order valence-corrected chi connectivity index (χ3v) is 4.80. The normalized spacial score (nSPS) is 21.4. The van der Waals surface area contributed by atoms with Gasteiger partial charge in [-0.25, -0.2) is 8.42 Å². The number of furan rings is 1. The van der Waals surface area contributed by atoms with Crippen LogP contribution in [-0.4, -0.2) is 44.8 Å². The van der Waals surface area contributed by atoms with Crippen LogP contribution in [0.5, 0.6) is 0 Å². The molecule has 0 aliphatic carbocycles. The highest BCUT2D eigenvalue weighted by atomic mass is 32.2. The first-order chi connectivity index (χ1) is 9.07. The van der Waals surface area contributed by atoms with Gasteiger partial charge in [0, 0.05) is 19.7 Å². The van der Waals surface area contributed by atoms with E-state index in [0.717, 1.165) is 12.8 Å². The number of hydrogen-bond donors (Lipinski definition) is 0. The number of piperidine rings is 1. The Bertz CT molecular complexity index is 534. The largest absolute Gasteiger partial charge is 0.440 e. The number of sulfonamides is 1. The van der Waals surface area contributed by atoms with Crippen molar-refractivity contribution in [1.29, 1.82) is 0 Å². The molecule has 1 fully saturated rings. The zero-order chi connectivity index (χ0) is 13.9. The summed E-state index contributed by atoms with van der Waals surface area (Å²) in [7, 11) is -3.67. The molecule has 19 heavy (non-hydrogen) atoms. The van der Waals surface area contributed by atoms with Gasteiger partial charge in [0.1, 0.15) is 0 Å². The number of carbonyl (C=O) groups excluding carboxylic acids is 1. The lowest BCUT2D eigenvalue weighted by Crippen LogP contribution is -2.43. The van der Waals surface area contributed by atoms with Gasteiger partial charge in [-0.1, -0.05) is 0 Å². The summed E-state index contributed by atoms with van der Waals surface area (Å²) in [6.45, 7) is 3.22. The van der Waals surface area contributed by atoms with Crippen LogP contribution < -0.4 is 0 Å². The smallest absolute Gasteiger partial charge is 0.276 e. The van der Waals surface area contributed by atoms with Crippen LogP contribution in [0.3, 0.4) is 0 Å². The highest BCUT2D eigenvalue weighted by Crippen LogP contribution is 2.23. The molecule has 0 radical (unpaired) electrons. The first-order valence-corrected chi connectivity index (χ1v) is 7.68. The highest BCUT2D eigenvalue weighted by molar-refractivity contribution is 7.89. The van der Waals surface area contributed by atoms with E-state index in [4.69, 9.17) is 9.15 Å². The maximum absolute atomic E-state index is 12.3. The molecule has 1 aliphatic heterocycles. The average molecular weight is 287 g/mol. The third kappa shape index (κ3) is 3.05. The molecule has 1 unspecified atom stereocenters. The fraction of sp³-hybridized carbons (Fsp3) is 0.583. The monoisotopic (exact) mass is 287 g/mol. The average Bonchev–Trinajstić information content (AvgIpc) is 2.89. The summed E-state index contributed by atoms with van der Waals surface area (Å²) in [4.78, 5) is 10.5. The van der Waals surface area contributed by atoms with Crippen LogP contribution in [0.1, 0.15) is 30.3 Å². The number of ether oxygens (including phenoxy) is 1.